The van der Waals surface area contributed by atoms with Gasteiger partial charge in [0.2, 0.25) is 5.91 Å². The minimum absolute atomic E-state index is 0.0679. The van der Waals surface area contributed by atoms with Gasteiger partial charge in [-0.05, 0) is 48.0 Å². The highest BCUT2D eigenvalue weighted by molar-refractivity contribution is 6.30. The van der Waals surface area contributed by atoms with Crippen LogP contribution in [0.25, 0.3) is 10.8 Å². The van der Waals surface area contributed by atoms with Gasteiger partial charge in [-0.2, -0.15) is 5.10 Å². The summed E-state index contributed by atoms with van der Waals surface area (Å²) in [5, 5.41) is 9.22. The minimum atomic E-state index is -0.316. The maximum absolute atomic E-state index is 12.4. The lowest BCUT2D eigenvalue weighted by Gasteiger charge is -2.07. The van der Waals surface area contributed by atoms with Crippen LogP contribution in [0, 0.1) is 0 Å². The molecule has 0 heterocycles. The summed E-state index contributed by atoms with van der Waals surface area (Å²) in [5.74, 6) is -0.540. The second-order valence-electron chi connectivity index (χ2n) is 6.05. The van der Waals surface area contributed by atoms with Crippen molar-refractivity contribution in [1.82, 2.24) is 5.43 Å². The second kappa shape index (κ2) is 8.47. The Morgan fingerprint density at radius 1 is 0.963 bits per heavy atom. The Kier molecular flexibility index (Phi) is 5.84. The molecule has 2 amide bonds. The van der Waals surface area contributed by atoms with Gasteiger partial charge in [0, 0.05) is 22.0 Å². The Labute approximate surface area is 162 Å². The van der Waals surface area contributed by atoms with Crippen molar-refractivity contribution >= 4 is 45.6 Å². The maximum atomic E-state index is 12.4. The lowest BCUT2D eigenvalue weighted by atomic mass is 10.0. The van der Waals surface area contributed by atoms with Gasteiger partial charge in [-0.15, -0.1) is 0 Å². The molecule has 3 aromatic rings. The normalized spacial score (nSPS) is 11.3. The molecule has 0 aliphatic rings. The summed E-state index contributed by atoms with van der Waals surface area (Å²) < 4.78 is 0. The number of nitrogens with zero attached hydrogens (tertiary/aromatic N) is 1. The summed E-state index contributed by atoms with van der Waals surface area (Å²) >= 11 is 5.82. The molecule has 5 nitrogen and oxygen atoms in total. The van der Waals surface area contributed by atoms with Crippen molar-refractivity contribution in [2.45, 2.75) is 13.3 Å². The highest BCUT2D eigenvalue weighted by Gasteiger charge is 2.10. The van der Waals surface area contributed by atoms with Crippen molar-refractivity contribution in [2.75, 3.05) is 5.32 Å². The van der Waals surface area contributed by atoms with E-state index in [0.717, 1.165) is 10.8 Å². The van der Waals surface area contributed by atoms with E-state index in [-0.39, 0.29) is 18.2 Å². The average Bonchev–Trinajstić information content (AvgIpc) is 2.67. The number of benzene rings is 3. The van der Waals surface area contributed by atoms with Crippen LogP contribution in [-0.4, -0.2) is 17.5 Å². The zero-order valence-electron chi connectivity index (χ0n) is 14.7. The molecule has 0 bridgehead atoms. The van der Waals surface area contributed by atoms with Crippen LogP contribution in [0.4, 0.5) is 5.69 Å². The summed E-state index contributed by atoms with van der Waals surface area (Å²) in [6.07, 6.45) is 0.0679. The number of halogens is 1. The van der Waals surface area contributed by atoms with E-state index in [0.29, 0.717) is 22.0 Å². The first kappa shape index (κ1) is 18.6. The van der Waals surface area contributed by atoms with E-state index in [1.165, 1.54) is 0 Å². The van der Waals surface area contributed by atoms with Crippen molar-refractivity contribution in [3.8, 4) is 0 Å². The number of amides is 2. The lowest BCUT2D eigenvalue weighted by molar-refractivity contribution is -0.115. The number of hydrazone groups is 1. The van der Waals surface area contributed by atoms with E-state index >= 15 is 0 Å². The van der Waals surface area contributed by atoms with Crippen LogP contribution >= 0.6 is 11.6 Å². The number of hydrogen-bond acceptors (Lipinski definition) is 3. The molecule has 136 valence electrons. The third-order valence-corrected chi connectivity index (χ3v) is 4.18. The number of hydrogen-bond donors (Lipinski definition) is 2. The largest absolute Gasteiger partial charge is 0.326 e. The number of anilines is 1. The third-order valence-electron chi connectivity index (χ3n) is 3.93. The monoisotopic (exact) mass is 379 g/mol. The summed E-state index contributed by atoms with van der Waals surface area (Å²) in [7, 11) is 0. The first-order valence-electron chi connectivity index (χ1n) is 8.39. The van der Waals surface area contributed by atoms with Gasteiger partial charge in [-0.1, -0.05) is 48.0 Å². The first-order valence-corrected chi connectivity index (χ1v) is 8.77. The molecular formula is C21H18ClN3O2. The van der Waals surface area contributed by atoms with Crippen molar-refractivity contribution in [3.63, 3.8) is 0 Å². The van der Waals surface area contributed by atoms with Crippen molar-refractivity contribution in [3.05, 3.63) is 77.3 Å². The van der Waals surface area contributed by atoms with Crippen molar-refractivity contribution in [1.29, 1.82) is 0 Å². The van der Waals surface area contributed by atoms with Crippen LogP contribution in [-0.2, 0) is 4.79 Å². The highest BCUT2D eigenvalue weighted by atomic mass is 35.5. The summed E-state index contributed by atoms with van der Waals surface area (Å²) in [5.41, 5.74) is 4.20. The standard InChI is InChI=1S/C21H18ClN3O2/c1-14(13-20(26)23-17-11-9-16(22)10-12-17)24-25-21(27)19-8-4-6-15-5-2-3-7-18(15)19/h2-12H,13H2,1H3,(H,23,26)(H,25,27)/b24-14-. The summed E-state index contributed by atoms with van der Waals surface area (Å²) in [6.45, 7) is 1.69. The predicted octanol–water partition coefficient (Wildman–Crippen LogP) is 4.63. The van der Waals surface area contributed by atoms with Gasteiger partial charge < -0.3 is 5.32 Å². The van der Waals surface area contributed by atoms with Gasteiger partial charge in [-0.3, -0.25) is 9.59 Å². The van der Waals surface area contributed by atoms with Crippen LogP contribution in [0.1, 0.15) is 23.7 Å². The number of carbonyl (C=O) groups is 2. The van der Waals surface area contributed by atoms with Gasteiger partial charge in [-0.25, -0.2) is 5.43 Å². The highest BCUT2D eigenvalue weighted by Crippen LogP contribution is 2.18. The van der Waals surface area contributed by atoms with Crippen LogP contribution in [0.15, 0.2) is 71.8 Å². The molecular weight excluding hydrogens is 362 g/mol. The van der Waals surface area contributed by atoms with E-state index in [2.05, 4.69) is 15.8 Å². The number of fused-ring (bicyclic) bond motifs is 1. The molecule has 0 aliphatic carbocycles. The van der Waals surface area contributed by atoms with Gasteiger partial charge in [0.1, 0.15) is 0 Å². The molecule has 3 aromatic carbocycles. The molecule has 0 fully saturated rings. The van der Waals surface area contributed by atoms with E-state index in [1.54, 1.807) is 37.3 Å². The Morgan fingerprint density at radius 2 is 1.67 bits per heavy atom. The first-order chi connectivity index (χ1) is 13.0. The van der Waals surface area contributed by atoms with E-state index in [1.807, 2.05) is 36.4 Å². The Bertz CT molecular complexity index is 1010. The summed E-state index contributed by atoms with van der Waals surface area (Å²) in [6, 6.07) is 20.0. The van der Waals surface area contributed by atoms with Crippen molar-refractivity contribution in [2.24, 2.45) is 5.10 Å². The molecule has 0 atom stereocenters. The zero-order valence-corrected chi connectivity index (χ0v) is 15.5. The number of carbonyl (C=O) groups excluding carboxylic acids is 2. The van der Waals surface area contributed by atoms with Crippen LogP contribution in [0.3, 0.4) is 0 Å². The molecule has 6 heteroatoms. The molecule has 0 saturated heterocycles. The Hall–Kier alpha value is -3.18. The van der Waals surface area contributed by atoms with E-state index in [4.69, 9.17) is 11.6 Å². The van der Waals surface area contributed by atoms with Gasteiger partial charge in [0.05, 0.1) is 6.42 Å². The summed E-state index contributed by atoms with van der Waals surface area (Å²) in [4.78, 5) is 24.5. The molecule has 0 spiro atoms. The number of nitrogens with one attached hydrogen (secondary N) is 2. The van der Waals surface area contributed by atoms with E-state index < -0.39 is 0 Å². The SMILES string of the molecule is C/C(CC(=O)Nc1ccc(Cl)cc1)=N/NC(=O)c1cccc2ccccc12. The lowest BCUT2D eigenvalue weighted by Crippen LogP contribution is -2.21. The van der Waals surface area contributed by atoms with Gasteiger partial charge in [0.15, 0.2) is 0 Å². The minimum Gasteiger partial charge on any atom is -0.326 e. The molecule has 2 N–H and O–H groups in total. The molecule has 0 aliphatic heterocycles. The quantitative estimate of drug-likeness (QED) is 0.501. The predicted molar refractivity (Wildman–Crippen MR) is 109 cm³/mol. The molecule has 27 heavy (non-hydrogen) atoms. The van der Waals surface area contributed by atoms with Crippen LogP contribution in [0.2, 0.25) is 5.02 Å². The molecule has 0 unspecified atom stereocenters. The molecule has 0 radical (unpaired) electrons. The van der Waals surface area contributed by atoms with Gasteiger partial charge in [0.25, 0.3) is 5.91 Å². The average molecular weight is 380 g/mol. The van der Waals surface area contributed by atoms with E-state index in [9.17, 15) is 9.59 Å². The number of rotatable bonds is 5. The Balaban J connectivity index is 1.61. The van der Waals surface area contributed by atoms with Crippen LogP contribution < -0.4 is 10.7 Å². The fourth-order valence-electron chi connectivity index (χ4n) is 2.64. The second-order valence-corrected chi connectivity index (χ2v) is 6.48. The third kappa shape index (κ3) is 4.92. The fraction of sp³-hybridized carbons (Fsp3) is 0.0952. The molecule has 0 saturated carbocycles. The fourth-order valence-corrected chi connectivity index (χ4v) is 2.77. The Morgan fingerprint density at radius 3 is 2.44 bits per heavy atom. The topological polar surface area (TPSA) is 70.6 Å². The zero-order chi connectivity index (χ0) is 19.2. The molecule has 0 aromatic heterocycles. The van der Waals surface area contributed by atoms with Gasteiger partial charge >= 0.3 is 0 Å². The molecule has 3 rings (SSSR count). The van der Waals surface area contributed by atoms with Crippen LogP contribution in [0.5, 0.6) is 0 Å². The maximum Gasteiger partial charge on any atom is 0.271 e. The smallest absolute Gasteiger partial charge is 0.271 e. The van der Waals surface area contributed by atoms with Crippen molar-refractivity contribution < 1.29 is 9.59 Å².